The quantitative estimate of drug-likeness (QED) is 0.113. The molecule has 6 aromatic carbocycles. The Morgan fingerprint density at radius 3 is 2.02 bits per heavy atom. The highest BCUT2D eigenvalue weighted by atomic mass is 16.3. The lowest BCUT2D eigenvalue weighted by atomic mass is 9.77. The van der Waals surface area contributed by atoms with E-state index in [0.717, 1.165) is 50.2 Å². The topological polar surface area (TPSA) is 86.7 Å². The van der Waals surface area contributed by atoms with Crippen LogP contribution in [0.25, 0.3) is 33.0 Å². The van der Waals surface area contributed by atoms with Crippen molar-refractivity contribution < 1.29 is 19.5 Å². The van der Waals surface area contributed by atoms with Gasteiger partial charge in [0.25, 0.3) is 17.7 Å². The van der Waals surface area contributed by atoms with Crippen LogP contribution in [-0.4, -0.2) is 22.8 Å². The SMILES string of the molecule is CCCCCC1CCC(c2ccc(C(=O)Nc3ccc(-c4ccc(N5C(=O)c6c(C)cc7c(c6C5=O)-c5c(cc(O)c6ccccc56)C7(C)C)cc4)cc3)cc2)CC1. The molecule has 2 N–H and O–H groups in total. The van der Waals surface area contributed by atoms with Gasteiger partial charge in [-0.25, -0.2) is 4.90 Å². The third-order valence-electron chi connectivity index (χ3n) is 13.3. The van der Waals surface area contributed by atoms with E-state index >= 15 is 0 Å². The van der Waals surface area contributed by atoms with Gasteiger partial charge in [0.15, 0.2) is 0 Å². The van der Waals surface area contributed by atoms with Gasteiger partial charge in [0.1, 0.15) is 5.75 Å². The lowest BCUT2D eigenvalue weighted by Gasteiger charge is -2.29. The largest absolute Gasteiger partial charge is 0.507 e. The minimum atomic E-state index is -0.486. The molecule has 3 aliphatic rings. The molecule has 1 saturated carbocycles. The van der Waals surface area contributed by atoms with Gasteiger partial charge in [-0.05, 0) is 131 Å². The van der Waals surface area contributed by atoms with Crippen LogP contribution in [0.2, 0.25) is 0 Å². The molecule has 9 rings (SSSR count). The van der Waals surface area contributed by atoms with Crippen molar-refractivity contribution >= 4 is 39.9 Å². The summed E-state index contributed by atoms with van der Waals surface area (Å²) in [5.74, 6) is 0.849. The molecule has 6 heteroatoms. The van der Waals surface area contributed by atoms with Crippen LogP contribution in [0.15, 0.2) is 109 Å². The second kappa shape index (κ2) is 14.7. The molecule has 1 aliphatic heterocycles. The number of aryl methyl sites for hydroxylation is 1. The maximum Gasteiger partial charge on any atom is 0.266 e. The minimum absolute atomic E-state index is 0.136. The number of anilines is 2. The number of carbonyl (C=O) groups is 3. The number of nitrogens with one attached hydrogen (secondary N) is 1. The number of hydrogen-bond acceptors (Lipinski definition) is 4. The van der Waals surface area contributed by atoms with Gasteiger partial charge in [-0.1, -0.05) is 113 Å². The summed E-state index contributed by atoms with van der Waals surface area (Å²) in [5, 5.41) is 15.6. The molecule has 3 amide bonds. The van der Waals surface area contributed by atoms with E-state index in [0.29, 0.717) is 39.4 Å². The number of benzene rings is 6. The van der Waals surface area contributed by atoms with Crippen LogP contribution in [0.4, 0.5) is 11.4 Å². The van der Waals surface area contributed by atoms with Gasteiger partial charge in [-0.3, -0.25) is 14.4 Å². The molecule has 2 aliphatic carbocycles. The van der Waals surface area contributed by atoms with Gasteiger partial charge >= 0.3 is 0 Å². The predicted octanol–water partition coefficient (Wildman–Crippen LogP) is 12.7. The van der Waals surface area contributed by atoms with Crippen molar-refractivity contribution in [2.45, 2.75) is 90.4 Å². The summed E-state index contributed by atoms with van der Waals surface area (Å²) >= 11 is 0. The first-order valence-electron chi connectivity index (χ1n) is 21.0. The summed E-state index contributed by atoms with van der Waals surface area (Å²) in [4.78, 5) is 43.1. The minimum Gasteiger partial charge on any atom is -0.507 e. The van der Waals surface area contributed by atoms with Gasteiger partial charge < -0.3 is 10.4 Å². The predicted molar refractivity (Wildman–Crippen MR) is 234 cm³/mol. The van der Waals surface area contributed by atoms with Gasteiger partial charge in [0, 0.05) is 27.6 Å². The third kappa shape index (κ3) is 6.30. The molecule has 1 heterocycles. The molecule has 1 fully saturated rings. The number of phenolic OH excluding ortho intramolecular Hbond substituents is 1. The van der Waals surface area contributed by atoms with Crippen LogP contribution in [0.3, 0.4) is 0 Å². The van der Waals surface area contributed by atoms with Crippen molar-refractivity contribution in [2.24, 2.45) is 5.92 Å². The van der Waals surface area contributed by atoms with Crippen molar-refractivity contribution in [2.75, 3.05) is 10.2 Å². The Hall–Kier alpha value is -6.01. The molecule has 0 bridgehead atoms. The van der Waals surface area contributed by atoms with Crippen LogP contribution in [0.5, 0.6) is 5.75 Å². The average molecular weight is 767 g/mol. The van der Waals surface area contributed by atoms with Crippen molar-refractivity contribution in [3.05, 3.63) is 148 Å². The number of phenols is 1. The fraction of sp³-hybridized carbons (Fsp3) is 0.288. The molecular formula is C52H50N2O4. The van der Waals surface area contributed by atoms with Crippen LogP contribution in [-0.2, 0) is 5.41 Å². The van der Waals surface area contributed by atoms with E-state index < -0.39 is 5.41 Å². The van der Waals surface area contributed by atoms with Crippen LogP contribution in [0, 0.1) is 12.8 Å². The maximum absolute atomic E-state index is 14.5. The first-order chi connectivity index (χ1) is 28.0. The summed E-state index contributed by atoms with van der Waals surface area (Å²) in [7, 11) is 0. The highest BCUT2D eigenvalue weighted by Crippen LogP contribution is 2.56. The molecule has 0 spiro atoms. The van der Waals surface area contributed by atoms with E-state index in [9.17, 15) is 19.5 Å². The van der Waals surface area contributed by atoms with Gasteiger partial charge in [0.2, 0.25) is 0 Å². The molecule has 0 radical (unpaired) electrons. The van der Waals surface area contributed by atoms with E-state index in [1.807, 2.05) is 104 Å². The Kier molecular flexibility index (Phi) is 9.54. The molecule has 0 aromatic heterocycles. The fourth-order valence-electron chi connectivity index (χ4n) is 10.00. The van der Waals surface area contributed by atoms with Gasteiger partial charge in [-0.2, -0.15) is 0 Å². The molecule has 0 unspecified atom stereocenters. The molecule has 6 aromatic rings. The van der Waals surface area contributed by atoms with E-state index in [-0.39, 0.29) is 23.5 Å². The fourth-order valence-corrected chi connectivity index (χ4v) is 10.00. The molecule has 292 valence electrons. The second-order valence-corrected chi connectivity index (χ2v) is 17.2. The lowest BCUT2D eigenvalue weighted by Crippen LogP contribution is -2.29. The Morgan fingerprint density at radius 1 is 0.724 bits per heavy atom. The number of carbonyl (C=O) groups excluding carboxylic acids is 3. The summed E-state index contributed by atoms with van der Waals surface area (Å²) in [6.45, 7) is 8.38. The monoisotopic (exact) mass is 766 g/mol. The zero-order chi connectivity index (χ0) is 40.3. The normalized spacial score (nSPS) is 18.0. The highest BCUT2D eigenvalue weighted by Gasteiger charge is 2.47. The van der Waals surface area contributed by atoms with Crippen LogP contribution < -0.4 is 10.2 Å². The van der Waals surface area contributed by atoms with Crippen molar-refractivity contribution in [3.63, 3.8) is 0 Å². The summed E-state index contributed by atoms with van der Waals surface area (Å²) in [5.41, 5.74) is 9.78. The summed E-state index contributed by atoms with van der Waals surface area (Å²) in [6, 6.07) is 34.9. The number of imide groups is 1. The van der Waals surface area contributed by atoms with Crippen LogP contribution in [0.1, 0.15) is 131 Å². The number of unbranched alkanes of at least 4 members (excludes halogenated alkanes) is 2. The average Bonchev–Trinajstić information content (AvgIpc) is 3.63. The van der Waals surface area contributed by atoms with Crippen LogP contribution >= 0.6 is 0 Å². The van der Waals surface area contributed by atoms with Crippen molar-refractivity contribution in [1.29, 1.82) is 0 Å². The Labute approximate surface area is 340 Å². The van der Waals surface area contributed by atoms with Gasteiger partial charge in [-0.15, -0.1) is 0 Å². The standard InChI is InChI=1S/C52H50N2O4/c1-5-6-7-10-32-13-15-33(16-14-32)34-17-19-37(20-18-34)49(56)53-38-25-21-35(22-26-38)36-23-27-39(28-24-36)54-50(57)45-31(2)29-42-47(48(45)51(54)58)46-41-12-9-8-11-40(41)44(55)30-43(46)52(42,3)4/h8-9,11-12,17-30,32-33,55H,5-7,10,13-16H2,1-4H3,(H,53,56). The third-order valence-corrected chi connectivity index (χ3v) is 13.3. The summed E-state index contributed by atoms with van der Waals surface area (Å²) in [6.07, 6.45) is 10.4. The smallest absolute Gasteiger partial charge is 0.266 e. The van der Waals surface area contributed by atoms with Crippen molar-refractivity contribution in [3.8, 4) is 28.0 Å². The number of amides is 3. The zero-order valence-corrected chi connectivity index (χ0v) is 33.8. The zero-order valence-electron chi connectivity index (χ0n) is 33.8. The molecule has 0 saturated heterocycles. The second-order valence-electron chi connectivity index (χ2n) is 17.2. The van der Waals surface area contributed by atoms with E-state index in [2.05, 4.69) is 38.2 Å². The van der Waals surface area contributed by atoms with Gasteiger partial charge in [0.05, 0.1) is 16.8 Å². The Balaban J connectivity index is 0.896. The van der Waals surface area contributed by atoms with Crippen molar-refractivity contribution in [1.82, 2.24) is 0 Å². The number of aromatic hydroxyl groups is 1. The Bertz CT molecular complexity index is 2600. The molecule has 0 atom stereocenters. The molecular weight excluding hydrogens is 717 g/mol. The van der Waals surface area contributed by atoms with E-state index in [1.54, 1.807) is 0 Å². The number of rotatable bonds is 9. The first-order valence-corrected chi connectivity index (χ1v) is 21.0. The molecule has 58 heavy (non-hydrogen) atoms. The molecule has 6 nitrogen and oxygen atoms in total. The number of fused-ring (bicyclic) bond motifs is 7. The lowest BCUT2D eigenvalue weighted by molar-refractivity contribution is 0.0925. The number of nitrogens with zero attached hydrogens (tertiary/aromatic N) is 1. The van der Waals surface area contributed by atoms with E-state index in [4.69, 9.17) is 0 Å². The van der Waals surface area contributed by atoms with E-state index in [1.165, 1.54) is 61.8 Å². The first kappa shape index (κ1) is 37.6. The summed E-state index contributed by atoms with van der Waals surface area (Å²) < 4.78 is 0. The number of hydrogen-bond donors (Lipinski definition) is 2. The highest BCUT2D eigenvalue weighted by molar-refractivity contribution is 6.37. The Morgan fingerprint density at radius 2 is 1.34 bits per heavy atom. The maximum atomic E-state index is 14.5.